The van der Waals surface area contributed by atoms with Crippen LogP contribution in [-0.2, 0) is 0 Å². The maximum Gasteiger partial charge on any atom is 0.254 e. The van der Waals surface area contributed by atoms with Crippen molar-refractivity contribution in [3.63, 3.8) is 0 Å². The van der Waals surface area contributed by atoms with Gasteiger partial charge in [-0.15, -0.1) is 0 Å². The van der Waals surface area contributed by atoms with Crippen LogP contribution in [-0.4, -0.2) is 62.0 Å². The molecule has 1 fully saturated rings. The Hall–Kier alpha value is -1.46. The Morgan fingerprint density at radius 1 is 1.25 bits per heavy atom. The van der Waals surface area contributed by atoms with Crippen LogP contribution in [0.15, 0.2) is 24.3 Å². The minimum atomic E-state index is -0.468. The first-order chi connectivity index (χ1) is 9.66. The van der Waals surface area contributed by atoms with Gasteiger partial charge >= 0.3 is 0 Å². The first kappa shape index (κ1) is 14.9. The Labute approximate surface area is 119 Å². The fourth-order valence-corrected chi connectivity index (χ4v) is 2.32. The van der Waals surface area contributed by atoms with Crippen molar-refractivity contribution in [3.05, 3.63) is 35.6 Å². The van der Waals surface area contributed by atoms with Gasteiger partial charge < -0.3 is 15.1 Å². The average molecular weight is 279 g/mol. The maximum absolute atomic E-state index is 13.4. The normalized spacial score (nSPS) is 17.1. The number of piperazine rings is 1. The van der Waals surface area contributed by atoms with Crippen molar-refractivity contribution < 1.29 is 9.18 Å². The van der Waals surface area contributed by atoms with E-state index in [0.29, 0.717) is 6.54 Å². The van der Waals surface area contributed by atoms with E-state index in [1.54, 1.807) is 12.1 Å². The van der Waals surface area contributed by atoms with Gasteiger partial charge in [-0.05, 0) is 32.1 Å². The molecule has 2 rings (SSSR count). The molecule has 0 unspecified atom stereocenters. The Kier molecular flexibility index (Phi) is 5.49. The molecule has 0 bridgehead atoms. The predicted molar refractivity (Wildman–Crippen MR) is 77.3 cm³/mol. The fourth-order valence-electron chi connectivity index (χ4n) is 2.32. The molecule has 1 amide bonds. The molecule has 20 heavy (non-hydrogen) atoms. The summed E-state index contributed by atoms with van der Waals surface area (Å²) in [4.78, 5) is 16.5. The van der Waals surface area contributed by atoms with E-state index in [4.69, 9.17) is 0 Å². The zero-order valence-electron chi connectivity index (χ0n) is 11.9. The Morgan fingerprint density at radius 3 is 2.65 bits per heavy atom. The molecule has 1 aliphatic heterocycles. The maximum atomic E-state index is 13.4. The summed E-state index contributed by atoms with van der Waals surface area (Å²) in [6.45, 7) is 5.92. The summed E-state index contributed by atoms with van der Waals surface area (Å²) in [5.74, 6) is -0.800. The summed E-state index contributed by atoms with van der Waals surface area (Å²) in [6.07, 6.45) is 0.893. The quantitative estimate of drug-likeness (QED) is 0.823. The summed E-state index contributed by atoms with van der Waals surface area (Å²) in [6, 6.07) is 6.06. The third-order valence-electron chi connectivity index (χ3n) is 3.65. The van der Waals surface area contributed by atoms with Crippen LogP contribution in [0.25, 0.3) is 0 Å². The van der Waals surface area contributed by atoms with Gasteiger partial charge in [0.15, 0.2) is 0 Å². The first-order valence-corrected chi connectivity index (χ1v) is 7.10. The molecular formula is C15H22FN3O. The van der Waals surface area contributed by atoms with Gasteiger partial charge in [-0.25, -0.2) is 4.39 Å². The highest BCUT2D eigenvalue weighted by atomic mass is 19.1. The van der Waals surface area contributed by atoms with Crippen molar-refractivity contribution in [2.75, 3.05) is 46.3 Å². The molecule has 0 radical (unpaired) electrons. The molecule has 0 aliphatic carbocycles. The molecule has 1 aromatic carbocycles. The number of halogens is 1. The molecule has 4 nitrogen and oxygen atoms in total. The minimum Gasteiger partial charge on any atom is -0.352 e. The Bertz CT molecular complexity index is 444. The number of benzene rings is 1. The van der Waals surface area contributed by atoms with Crippen molar-refractivity contribution in [3.8, 4) is 0 Å². The van der Waals surface area contributed by atoms with E-state index in [-0.39, 0.29) is 11.5 Å². The second-order valence-electron chi connectivity index (χ2n) is 5.23. The molecule has 0 saturated carbocycles. The molecule has 110 valence electrons. The van der Waals surface area contributed by atoms with Crippen LogP contribution >= 0.6 is 0 Å². The molecule has 1 N–H and O–H groups in total. The van der Waals surface area contributed by atoms with E-state index < -0.39 is 5.82 Å². The second kappa shape index (κ2) is 7.36. The summed E-state index contributed by atoms with van der Waals surface area (Å²) in [5, 5.41) is 2.77. The van der Waals surface area contributed by atoms with Crippen LogP contribution in [0.5, 0.6) is 0 Å². The van der Waals surface area contributed by atoms with E-state index >= 15 is 0 Å². The highest BCUT2D eigenvalue weighted by Gasteiger charge is 2.13. The molecule has 1 aromatic rings. The number of nitrogens with zero attached hydrogens (tertiary/aromatic N) is 2. The second-order valence-corrected chi connectivity index (χ2v) is 5.23. The van der Waals surface area contributed by atoms with Gasteiger partial charge in [-0.2, -0.15) is 0 Å². The highest BCUT2D eigenvalue weighted by molar-refractivity contribution is 5.94. The standard InChI is InChI=1S/C15H22FN3O/c1-18-9-11-19(12-10-18)8-4-7-17-15(20)13-5-2-3-6-14(13)16/h2-3,5-6H,4,7-12H2,1H3,(H,17,20). The van der Waals surface area contributed by atoms with Gasteiger partial charge in [0.1, 0.15) is 5.82 Å². The summed E-state index contributed by atoms with van der Waals surface area (Å²) in [7, 11) is 2.13. The Balaban J connectivity index is 1.66. The first-order valence-electron chi connectivity index (χ1n) is 7.10. The number of carbonyl (C=O) groups is 1. The van der Waals surface area contributed by atoms with E-state index in [1.165, 1.54) is 12.1 Å². The van der Waals surface area contributed by atoms with Gasteiger partial charge in [-0.1, -0.05) is 12.1 Å². The number of hydrogen-bond acceptors (Lipinski definition) is 3. The lowest BCUT2D eigenvalue weighted by Gasteiger charge is -2.32. The van der Waals surface area contributed by atoms with E-state index in [9.17, 15) is 9.18 Å². The SMILES string of the molecule is CN1CCN(CCCNC(=O)c2ccccc2F)CC1. The predicted octanol–water partition coefficient (Wildman–Crippen LogP) is 1.19. The van der Waals surface area contributed by atoms with E-state index in [2.05, 4.69) is 22.2 Å². The van der Waals surface area contributed by atoms with Gasteiger partial charge in [-0.3, -0.25) is 4.79 Å². The topological polar surface area (TPSA) is 35.6 Å². The average Bonchev–Trinajstić information content (AvgIpc) is 2.46. The number of rotatable bonds is 5. The van der Waals surface area contributed by atoms with Crippen molar-refractivity contribution in [2.45, 2.75) is 6.42 Å². The summed E-state index contributed by atoms with van der Waals surface area (Å²) >= 11 is 0. The van der Waals surface area contributed by atoms with Gasteiger partial charge in [0.25, 0.3) is 5.91 Å². The molecule has 0 atom stereocenters. The third-order valence-corrected chi connectivity index (χ3v) is 3.65. The smallest absolute Gasteiger partial charge is 0.254 e. The van der Waals surface area contributed by atoms with Crippen molar-refractivity contribution >= 4 is 5.91 Å². The van der Waals surface area contributed by atoms with Crippen LogP contribution in [0.1, 0.15) is 16.8 Å². The van der Waals surface area contributed by atoms with Crippen LogP contribution in [0, 0.1) is 5.82 Å². The molecule has 1 heterocycles. The number of carbonyl (C=O) groups excluding carboxylic acids is 1. The van der Waals surface area contributed by atoms with Crippen LogP contribution < -0.4 is 5.32 Å². The van der Waals surface area contributed by atoms with Crippen LogP contribution in [0.2, 0.25) is 0 Å². The van der Waals surface area contributed by atoms with E-state index in [0.717, 1.165) is 39.1 Å². The lowest BCUT2D eigenvalue weighted by Crippen LogP contribution is -2.45. The highest BCUT2D eigenvalue weighted by Crippen LogP contribution is 2.05. The molecule has 0 aromatic heterocycles. The number of likely N-dealkylation sites (N-methyl/N-ethyl adjacent to an activating group) is 1. The molecule has 0 spiro atoms. The minimum absolute atomic E-state index is 0.118. The fraction of sp³-hybridized carbons (Fsp3) is 0.533. The largest absolute Gasteiger partial charge is 0.352 e. The monoisotopic (exact) mass is 279 g/mol. The molecular weight excluding hydrogens is 257 g/mol. The molecule has 5 heteroatoms. The van der Waals surface area contributed by atoms with Crippen LogP contribution in [0.3, 0.4) is 0 Å². The summed E-state index contributed by atoms with van der Waals surface area (Å²) in [5.41, 5.74) is 0.118. The van der Waals surface area contributed by atoms with E-state index in [1.807, 2.05) is 0 Å². The number of hydrogen-bond donors (Lipinski definition) is 1. The number of amides is 1. The number of nitrogens with one attached hydrogen (secondary N) is 1. The third kappa shape index (κ3) is 4.28. The lowest BCUT2D eigenvalue weighted by molar-refractivity contribution is 0.0945. The Morgan fingerprint density at radius 2 is 1.95 bits per heavy atom. The molecule has 1 saturated heterocycles. The lowest BCUT2D eigenvalue weighted by atomic mass is 10.2. The van der Waals surface area contributed by atoms with Gasteiger partial charge in [0.2, 0.25) is 0 Å². The van der Waals surface area contributed by atoms with Crippen LogP contribution in [0.4, 0.5) is 4.39 Å². The zero-order chi connectivity index (χ0) is 14.4. The summed E-state index contributed by atoms with van der Waals surface area (Å²) < 4.78 is 13.4. The van der Waals surface area contributed by atoms with Crippen molar-refractivity contribution in [1.29, 1.82) is 0 Å². The molecule has 1 aliphatic rings. The zero-order valence-corrected chi connectivity index (χ0v) is 11.9. The van der Waals surface area contributed by atoms with Gasteiger partial charge in [0.05, 0.1) is 5.56 Å². The van der Waals surface area contributed by atoms with Gasteiger partial charge in [0, 0.05) is 32.7 Å². The van der Waals surface area contributed by atoms with Crippen molar-refractivity contribution in [1.82, 2.24) is 15.1 Å². The van der Waals surface area contributed by atoms with Crippen molar-refractivity contribution in [2.24, 2.45) is 0 Å².